The Balaban J connectivity index is 4.10. The molecule has 0 unspecified atom stereocenters. The third kappa shape index (κ3) is 1.63. The number of nitrogens with two attached hydrogens (primary N) is 2. The molecule has 0 saturated carbocycles. The maximum atomic E-state index is 9.89. The first-order valence-corrected chi connectivity index (χ1v) is 1.64. The number of hydrogen-bond acceptors (Lipinski definition) is 2. The van der Waals surface area contributed by atoms with E-state index in [-0.39, 0.29) is 5.70 Å². The van der Waals surface area contributed by atoms with Crippen LogP contribution in [0.15, 0.2) is 18.0 Å². The molecule has 0 heterocycles. The molecule has 0 saturated heterocycles. The molecule has 1 amide bonds. The highest BCUT2D eigenvalue weighted by molar-refractivity contribution is 5.90. The van der Waals surface area contributed by atoms with E-state index in [1.165, 1.54) is 0 Å². The van der Waals surface area contributed by atoms with Gasteiger partial charge >= 0.3 is 0 Å². The Hall–Kier alpha value is -1.21. The Bertz CT molecular complexity index is 133. The van der Waals surface area contributed by atoms with Gasteiger partial charge in [-0.1, -0.05) is 12.3 Å². The Morgan fingerprint density at radius 3 is 2.00 bits per heavy atom. The second-order valence-corrected chi connectivity index (χ2v) is 0.955. The molecule has 0 aromatic rings. The van der Waals surface area contributed by atoms with Crippen LogP contribution in [0.1, 0.15) is 0 Å². The van der Waals surface area contributed by atoms with E-state index in [9.17, 15) is 4.79 Å². The molecule has 0 rings (SSSR count). The van der Waals surface area contributed by atoms with Crippen LogP contribution < -0.4 is 11.5 Å². The minimum absolute atomic E-state index is 0.125. The molecular formula is C4H6N2O. The van der Waals surface area contributed by atoms with E-state index in [4.69, 9.17) is 5.73 Å². The molecule has 0 bridgehead atoms. The van der Waals surface area contributed by atoms with Crippen LogP contribution in [0.2, 0.25) is 0 Å². The fourth-order valence-corrected chi connectivity index (χ4v) is 0.0871. The summed E-state index contributed by atoms with van der Waals surface area (Å²) < 4.78 is 0. The molecule has 0 atom stereocenters. The summed E-state index contributed by atoms with van der Waals surface area (Å²) in [5.74, 6) is -0.685. The molecule has 0 spiro atoms. The van der Waals surface area contributed by atoms with E-state index in [0.29, 0.717) is 0 Å². The van der Waals surface area contributed by atoms with Gasteiger partial charge in [-0.2, -0.15) is 0 Å². The van der Waals surface area contributed by atoms with E-state index >= 15 is 0 Å². The van der Waals surface area contributed by atoms with Gasteiger partial charge in [-0.05, 0) is 0 Å². The lowest BCUT2D eigenvalue weighted by molar-refractivity contribution is -0.114. The summed E-state index contributed by atoms with van der Waals surface area (Å²) in [6.45, 7) is 3.09. The van der Waals surface area contributed by atoms with Gasteiger partial charge < -0.3 is 11.5 Å². The fourth-order valence-electron chi connectivity index (χ4n) is 0.0871. The molecule has 0 aromatic heterocycles. The fraction of sp³-hybridized carbons (Fsp3) is 0. The van der Waals surface area contributed by atoms with Gasteiger partial charge in [-0.25, -0.2) is 0 Å². The van der Waals surface area contributed by atoms with Gasteiger partial charge in [0.1, 0.15) is 5.70 Å². The van der Waals surface area contributed by atoms with Crippen molar-refractivity contribution >= 4 is 5.91 Å². The van der Waals surface area contributed by atoms with Crippen molar-refractivity contribution in [3.05, 3.63) is 18.0 Å². The largest absolute Gasteiger partial charge is 0.388 e. The van der Waals surface area contributed by atoms with Crippen LogP contribution in [0, 0.1) is 0 Å². The molecule has 0 fully saturated rings. The van der Waals surface area contributed by atoms with Crippen molar-refractivity contribution in [3.8, 4) is 0 Å². The zero-order valence-corrected chi connectivity index (χ0v) is 3.77. The van der Waals surface area contributed by atoms with Crippen LogP contribution in [-0.2, 0) is 4.79 Å². The first-order valence-electron chi connectivity index (χ1n) is 1.64. The Labute approximate surface area is 41.3 Å². The van der Waals surface area contributed by atoms with Crippen LogP contribution in [0.5, 0.6) is 0 Å². The second kappa shape index (κ2) is 2.05. The van der Waals surface area contributed by atoms with Crippen molar-refractivity contribution in [1.82, 2.24) is 0 Å². The quantitative estimate of drug-likeness (QED) is 0.329. The molecule has 0 aliphatic carbocycles. The first kappa shape index (κ1) is 5.79. The number of amides is 1. The van der Waals surface area contributed by atoms with Crippen molar-refractivity contribution in [2.75, 3.05) is 0 Å². The van der Waals surface area contributed by atoms with Gasteiger partial charge in [0.05, 0.1) is 0 Å². The highest BCUT2D eigenvalue weighted by Crippen LogP contribution is 1.69. The van der Waals surface area contributed by atoms with Crippen LogP contribution in [-0.4, -0.2) is 5.91 Å². The van der Waals surface area contributed by atoms with Crippen LogP contribution in [0.25, 0.3) is 0 Å². The van der Waals surface area contributed by atoms with Gasteiger partial charge in [0.25, 0.3) is 5.91 Å². The summed E-state index contributed by atoms with van der Waals surface area (Å²) >= 11 is 0. The average Bonchev–Trinajstić information content (AvgIpc) is 1.65. The molecule has 0 radical (unpaired) electrons. The molecule has 3 nitrogen and oxygen atoms in total. The van der Waals surface area contributed by atoms with Crippen LogP contribution >= 0.6 is 0 Å². The molecule has 0 aromatic carbocycles. The number of rotatable bonds is 1. The maximum absolute atomic E-state index is 9.89. The van der Waals surface area contributed by atoms with Crippen molar-refractivity contribution in [2.24, 2.45) is 11.5 Å². The number of hydrogen-bond donors (Lipinski definition) is 2. The zero-order valence-electron chi connectivity index (χ0n) is 3.77. The predicted molar refractivity (Wildman–Crippen MR) is 26.0 cm³/mol. The van der Waals surface area contributed by atoms with Crippen LogP contribution in [0.4, 0.5) is 0 Å². The highest BCUT2D eigenvalue weighted by atomic mass is 16.1. The smallest absolute Gasteiger partial charge is 0.272 e. The Morgan fingerprint density at radius 1 is 1.57 bits per heavy atom. The normalized spacial score (nSPS) is 6.86. The third-order valence-electron chi connectivity index (χ3n) is 0.456. The van der Waals surface area contributed by atoms with Crippen molar-refractivity contribution in [3.63, 3.8) is 0 Å². The summed E-state index contributed by atoms with van der Waals surface area (Å²) in [5.41, 5.74) is 11.5. The van der Waals surface area contributed by atoms with E-state index in [2.05, 4.69) is 18.0 Å². The topological polar surface area (TPSA) is 69.1 Å². The number of carbonyl (C=O) groups excluding carboxylic acids is 1. The lowest BCUT2D eigenvalue weighted by Crippen LogP contribution is -2.18. The summed E-state index contributed by atoms with van der Waals surface area (Å²) in [5, 5.41) is 0. The minimum Gasteiger partial charge on any atom is -0.388 e. The first-order chi connectivity index (χ1) is 3.18. The number of primary amides is 1. The summed E-state index contributed by atoms with van der Waals surface area (Å²) in [6, 6.07) is 0. The van der Waals surface area contributed by atoms with Gasteiger partial charge in [0, 0.05) is 0 Å². The lowest BCUT2D eigenvalue weighted by atomic mass is 10.5. The highest BCUT2D eigenvalue weighted by Gasteiger charge is 1.91. The summed E-state index contributed by atoms with van der Waals surface area (Å²) in [6.07, 6.45) is 0. The zero-order chi connectivity index (χ0) is 5.86. The summed E-state index contributed by atoms with van der Waals surface area (Å²) in [4.78, 5) is 9.89. The Kier molecular flexibility index (Phi) is 1.70. The Morgan fingerprint density at radius 2 is 2.00 bits per heavy atom. The monoisotopic (exact) mass is 98.0 g/mol. The van der Waals surface area contributed by atoms with Crippen LogP contribution in [0.3, 0.4) is 0 Å². The van der Waals surface area contributed by atoms with Gasteiger partial charge in [-0.3, -0.25) is 4.79 Å². The standard InChI is InChI=1S/C4H6N2O/c1-2-3(5)4(6)7/h1,5H2,(H2,6,7). The van der Waals surface area contributed by atoms with E-state index in [1.54, 1.807) is 0 Å². The molecule has 0 aliphatic rings. The van der Waals surface area contributed by atoms with E-state index in [1.807, 2.05) is 0 Å². The molecule has 0 aliphatic heterocycles. The molecule has 38 valence electrons. The molecule has 4 N–H and O–H groups in total. The third-order valence-corrected chi connectivity index (χ3v) is 0.456. The van der Waals surface area contributed by atoms with Crippen molar-refractivity contribution in [1.29, 1.82) is 0 Å². The lowest BCUT2D eigenvalue weighted by Gasteiger charge is -1.82. The maximum Gasteiger partial charge on any atom is 0.272 e. The average molecular weight is 98.1 g/mol. The predicted octanol–water partition coefficient (Wildman–Crippen LogP) is -0.901. The molecule has 7 heavy (non-hydrogen) atoms. The van der Waals surface area contributed by atoms with Gasteiger partial charge in [0.2, 0.25) is 0 Å². The van der Waals surface area contributed by atoms with Gasteiger partial charge in [0.15, 0.2) is 0 Å². The molecular weight excluding hydrogens is 92.1 g/mol. The minimum atomic E-state index is -0.685. The van der Waals surface area contributed by atoms with Crippen molar-refractivity contribution in [2.45, 2.75) is 0 Å². The summed E-state index contributed by atoms with van der Waals surface area (Å²) in [7, 11) is 0. The SMILES string of the molecule is C=C=C(N)C(N)=O. The molecule has 3 heteroatoms. The second-order valence-electron chi connectivity index (χ2n) is 0.955. The van der Waals surface area contributed by atoms with E-state index < -0.39 is 5.91 Å². The van der Waals surface area contributed by atoms with Gasteiger partial charge in [-0.15, -0.1) is 0 Å². The van der Waals surface area contributed by atoms with Crippen molar-refractivity contribution < 1.29 is 4.79 Å². The van der Waals surface area contributed by atoms with E-state index in [0.717, 1.165) is 0 Å². The number of carbonyl (C=O) groups is 1.